The molecular formula is C22H27N5O2. The zero-order chi connectivity index (χ0) is 20.4. The van der Waals surface area contributed by atoms with Crippen LogP contribution in [0, 0.1) is 0 Å². The van der Waals surface area contributed by atoms with Crippen molar-refractivity contribution in [1.29, 1.82) is 0 Å². The van der Waals surface area contributed by atoms with E-state index in [-0.39, 0.29) is 17.9 Å². The van der Waals surface area contributed by atoms with E-state index in [1.165, 1.54) is 0 Å². The Bertz CT molecular complexity index is 1080. The van der Waals surface area contributed by atoms with Crippen LogP contribution in [-0.4, -0.2) is 34.2 Å². The first kappa shape index (κ1) is 19.2. The highest BCUT2D eigenvalue weighted by molar-refractivity contribution is 5.75. The highest BCUT2D eigenvalue weighted by Crippen LogP contribution is 2.22. The van der Waals surface area contributed by atoms with Gasteiger partial charge in [-0.1, -0.05) is 12.1 Å². The van der Waals surface area contributed by atoms with Crippen LogP contribution < -0.4 is 15.8 Å². The molecule has 0 radical (unpaired) electrons. The third kappa shape index (κ3) is 4.04. The van der Waals surface area contributed by atoms with E-state index in [1.807, 2.05) is 49.5 Å². The summed E-state index contributed by atoms with van der Waals surface area (Å²) in [5.74, 6) is -0.0657. The number of carbonyl (C=O) groups excluding carboxylic acids is 1. The summed E-state index contributed by atoms with van der Waals surface area (Å²) in [5.41, 5.74) is 4.91. The van der Waals surface area contributed by atoms with Crippen LogP contribution in [0.2, 0.25) is 0 Å². The van der Waals surface area contributed by atoms with Crippen molar-refractivity contribution in [2.75, 3.05) is 19.0 Å². The van der Waals surface area contributed by atoms with Crippen molar-refractivity contribution >= 4 is 17.1 Å². The molecule has 1 N–H and O–H groups in total. The monoisotopic (exact) mass is 393 g/mol. The second-order valence-electron chi connectivity index (χ2n) is 7.81. The highest BCUT2D eigenvalue weighted by Gasteiger charge is 2.19. The summed E-state index contributed by atoms with van der Waals surface area (Å²) < 4.78 is 3.32. The summed E-state index contributed by atoms with van der Waals surface area (Å²) in [6, 6.07) is 8.08. The van der Waals surface area contributed by atoms with Crippen molar-refractivity contribution in [3.8, 4) is 0 Å². The Hall–Kier alpha value is -3.09. The minimum absolute atomic E-state index is 0.0600. The van der Waals surface area contributed by atoms with Gasteiger partial charge in [-0.2, -0.15) is 5.10 Å². The number of nitrogens with zero attached hydrogens (tertiary/aromatic N) is 4. The fourth-order valence-electron chi connectivity index (χ4n) is 3.85. The van der Waals surface area contributed by atoms with Crippen molar-refractivity contribution in [2.45, 2.75) is 45.2 Å². The third-order valence-corrected chi connectivity index (χ3v) is 5.56. The Kier molecular flexibility index (Phi) is 5.38. The van der Waals surface area contributed by atoms with Gasteiger partial charge in [0.15, 0.2) is 0 Å². The summed E-state index contributed by atoms with van der Waals surface area (Å²) in [6.45, 7) is 0.845. The lowest BCUT2D eigenvalue weighted by Crippen LogP contribution is -2.28. The van der Waals surface area contributed by atoms with Crippen LogP contribution in [0.15, 0.2) is 41.5 Å². The summed E-state index contributed by atoms with van der Waals surface area (Å²) in [7, 11) is 3.99. The van der Waals surface area contributed by atoms with Gasteiger partial charge in [-0.25, -0.2) is 4.52 Å². The SMILES string of the molecule is CN(C)c1ccc(CNC(=O)CCn2ccn3nc4c(c3c2=O)CCCC4)cc1. The van der Waals surface area contributed by atoms with Gasteiger partial charge in [0.1, 0.15) is 5.52 Å². The van der Waals surface area contributed by atoms with Gasteiger partial charge >= 0.3 is 0 Å². The van der Waals surface area contributed by atoms with E-state index >= 15 is 0 Å². The molecule has 0 saturated carbocycles. The number of fused-ring (bicyclic) bond motifs is 3. The topological polar surface area (TPSA) is 71.6 Å². The maximum absolute atomic E-state index is 12.9. The molecular weight excluding hydrogens is 366 g/mol. The maximum atomic E-state index is 12.9. The van der Waals surface area contributed by atoms with Crippen LogP contribution in [-0.2, 0) is 30.7 Å². The number of aryl methyl sites for hydroxylation is 3. The molecule has 7 heteroatoms. The average molecular weight is 393 g/mol. The molecule has 1 aromatic carbocycles. The quantitative estimate of drug-likeness (QED) is 0.697. The Morgan fingerprint density at radius 1 is 1.14 bits per heavy atom. The molecule has 3 aromatic rings. The van der Waals surface area contributed by atoms with Gasteiger partial charge in [-0.05, 0) is 43.4 Å². The Morgan fingerprint density at radius 2 is 1.90 bits per heavy atom. The molecule has 1 aliphatic rings. The van der Waals surface area contributed by atoms with Crippen molar-refractivity contribution in [1.82, 2.24) is 19.5 Å². The molecule has 7 nitrogen and oxygen atoms in total. The predicted octanol–water partition coefficient (Wildman–Crippen LogP) is 2.15. The molecule has 1 aliphatic carbocycles. The molecule has 1 amide bonds. The number of rotatable bonds is 6. The van der Waals surface area contributed by atoms with E-state index in [0.717, 1.165) is 48.2 Å². The first-order chi connectivity index (χ1) is 14.0. The predicted molar refractivity (Wildman–Crippen MR) is 113 cm³/mol. The molecule has 0 fully saturated rings. The van der Waals surface area contributed by atoms with E-state index in [4.69, 9.17) is 0 Å². The van der Waals surface area contributed by atoms with Gasteiger partial charge < -0.3 is 14.8 Å². The molecule has 0 unspecified atom stereocenters. The molecule has 2 aromatic heterocycles. The second-order valence-corrected chi connectivity index (χ2v) is 7.81. The van der Waals surface area contributed by atoms with Gasteiger partial charge in [-0.3, -0.25) is 9.59 Å². The smallest absolute Gasteiger partial charge is 0.276 e. The van der Waals surface area contributed by atoms with Crippen molar-refractivity contribution in [2.24, 2.45) is 0 Å². The van der Waals surface area contributed by atoms with E-state index < -0.39 is 0 Å². The molecule has 0 saturated heterocycles. The number of benzene rings is 1. The molecule has 0 atom stereocenters. The number of nitrogens with one attached hydrogen (secondary N) is 1. The standard InChI is InChI=1S/C22H27N5O2/c1-25(2)17-9-7-16(8-10-17)15-23-20(28)11-12-26-13-14-27-21(22(26)29)18-5-3-4-6-19(18)24-27/h7-10,13-14H,3-6,11-12,15H2,1-2H3,(H,23,28). The van der Waals surface area contributed by atoms with E-state index in [1.54, 1.807) is 15.3 Å². The molecule has 152 valence electrons. The molecule has 0 spiro atoms. The lowest BCUT2D eigenvalue weighted by molar-refractivity contribution is -0.121. The van der Waals surface area contributed by atoms with Crippen LogP contribution >= 0.6 is 0 Å². The van der Waals surface area contributed by atoms with Crippen LogP contribution in [0.5, 0.6) is 0 Å². The van der Waals surface area contributed by atoms with E-state index in [9.17, 15) is 9.59 Å². The normalized spacial score (nSPS) is 13.3. The second kappa shape index (κ2) is 8.11. The number of aromatic nitrogens is 3. The summed E-state index contributed by atoms with van der Waals surface area (Å²) >= 11 is 0. The van der Waals surface area contributed by atoms with Crippen molar-refractivity contribution in [3.63, 3.8) is 0 Å². The Labute approximate surface area is 170 Å². The van der Waals surface area contributed by atoms with Gasteiger partial charge in [0, 0.05) is 57.3 Å². The van der Waals surface area contributed by atoms with Gasteiger partial charge in [-0.15, -0.1) is 0 Å². The van der Waals surface area contributed by atoms with Gasteiger partial charge in [0.05, 0.1) is 5.69 Å². The van der Waals surface area contributed by atoms with Crippen LogP contribution in [0.1, 0.15) is 36.1 Å². The number of hydrogen-bond acceptors (Lipinski definition) is 4. The van der Waals surface area contributed by atoms with Crippen LogP contribution in [0.25, 0.3) is 5.52 Å². The average Bonchev–Trinajstić information content (AvgIpc) is 3.11. The summed E-state index contributed by atoms with van der Waals surface area (Å²) in [4.78, 5) is 27.2. The molecule has 0 aliphatic heterocycles. The summed E-state index contributed by atoms with van der Waals surface area (Å²) in [6.07, 6.45) is 7.88. The number of anilines is 1. The van der Waals surface area contributed by atoms with Gasteiger partial charge in [0.25, 0.3) is 5.56 Å². The Balaban J connectivity index is 1.38. The van der Waals surface area contributed by atoms with Gasteiger partial charge in [0.2, 0.25) is 5.91 Å². The van der Waals surface area contributed by atoms with E-state index in [0.29, 0.717) is 18.6 Å². The van der Waals surface area contributed by atoms with Crippen molar-refractivity contribution < 1.29 is 4.79 Å². The first-order valence-corrected chi connectivity index (χ1v) is 10.2. The lowest BCUT2D eigenvalue weighted by atomic mass is 9.97. The molecule has 4 rings (SSSR count). The molecule has 0 bridgehead atoms. The zero-order valence-electron chi connectivity index (χ0n) is 17.0. The number of amides is 1. The van der Waals surface area contributed by atoms with Crippen molar-refractivity contribution in [3.05, 3.63) is 63.8 Å². The minimum atomic E-state index is -0.0657. The first-order valence-electron chi connectivity index (χ1n) is 10.2. The van der Waals surface area contributed by atoms with Crippen LogP contribution in [0.4, 0.5) is 5.69 Å². The Morgan fingerprint density at radius 3 is 2.66 bits per heavy atom. The lowest BCUT2D eigenvalue weighted by Gasteiger charge is -2.13. The fourth-order valence-corrected chi connectivity index (χ4v) is 3.85. The van der Waals surface area contributed by atoms with E-state index in [2.05, 4.69) is 10.4 Å². The summed E-state index contributed by atoms with van der Waals surface area (Å²) in [5, 5.41) is 7.49. The zero-order valence-corrected chi connectivity index (χ0v) is 17.0. The highest BCUT2D eigenvalue weighted by atomic mass is 16.2. The third-order valence-electron chi connectivity index (χ3n) is 5.56. The number of carbonyl (C=O) groups is 1. The molecule has 29 heavy (non-hydrogen) atoms. The fraction of sp³-hybridized carbons (Fsp3) is 0.409. The maximum Gasteiger partial charge on any atom is 0.276 e. The molecule has 2 heterocycles. The minimum Gasteiger partial charge on any atom is -0.378 e. The number of hydrogen-bond donors (Lipinski definition) is 1. The largest absolute Gasteiger partial charge is 0.378 e. The van der Waals surface area contributed by atoms with Crippen LogP contribution in [0.3, 0.4) is 0 Å².